The second-order valence-electron chi connectivity index (χ2n) is 4.45. The first-order chi connectivity index (χ1) is 9.79. The van der Waals surface area contributed by atoms with Crippen molar-refractivity contribution in [2.24, 2.45) is 0 Å². The van der Waals surface area contributed by atoms with Crippen LogP contribution in [0.4, 0.5) is 5.13 Å². The van der Waals surface area contributed by atoms with E-state index in [4.69, 9.17) is 15.0 Å². The summed E-state index contributed by atoms with van der Waals surface area (Å²) >= 11 is 1.34. The molecule has 0 amide bonds. The molecule has 1 atom stereocenters. The molecule has 3 aromatic rings. The molecular weight excluding hydrogens is 276 g/mol. The Morgan fingerprint density at radius 1 is 1.25 bits per heavy atom. The molecule has 0 saturated heterocycles. The van der Waals surface area contributed by atoms with Crippen molar-refractivity contribution in [2.45, 2.75) is 12.5 Å². The van der Waals surface area contributed by atoms with E-state index in [9.17, 15) is 0 Å². The molecule has 1 aliphatic heterocycles. The molecular formula is C13H10N4O2S. The number of rotatable bonds is 2. The van der Waals surface area contributed by atoms with Crippen LogP contribution >= 0.6 is 11.3 Å². The summed E-state index contributed by atoms with van der Waals surface area (Å²) < 4.78 is 11.0. The SMILES string of the molecule is Nc1nc(-c2nc(C3Cc4ccccc4O3)no2)cs1. The third-order valence-corrected chi connectivity index (χ3v) is 3.79. The molecule has 0 saturated carbocycles. The van der Waals surface area contributed by atoms with Crippen LogP contribution in [0.1, 0.15) is 17.5 Å². The second kappa shape index (κ2) is 4.31. The third-order valence-electron chi connectivity index (χ3n) is 3.12. The lowest BCUT2D eigenvalue weighted by atomic mass is 10.1. The molecule has 1 aliphatic rings. The summed E-state index contributed by atoms with van der Waals surface area (Å²) in [4.78, 5) is 8.46. The highest BCUT2D eigenvalue weighted by atomic mass is 32.1. The Labute approximate surface area is 118 Å². The molecule has 3 heterocycles. The third kappa shape index (κ3) is 1.83. The fraction of sp³-hybridized carbons (Fsp3) is 0.154. The van der Waals surface area contributed by atoms with Crippen molar-refractivity contribution in [2.75, 3.05) is 5.73 Å². The molecule has 2 N–H and O–H groups in total. The Kier molecular flexibility index (Phi) is 2.46. The van der Waals surface area contributed by atoms with E-state index in [0.29, 0.717) is 22.5 Å². The van der Waals surface area contributed by atoms with E-state index in [1.54, 1.807) is 5.38 Å². The summed E-state index contributed by atoms with van der Waals surface area (Å²) in [5.74, 6) is 1.78. The Morgan fingerprint density at radius 2 is 2.15 bits per heavy atom. The first-order valence-electron chi connectivity index (χ1n) is 6.09. The van der Waals surface area contributed by atoms with Gasteiger partial charge in [0.2, 0.25) is 5.82 Å². The van der Waals surface area contributed by atoms with Crippen LogP contribution < -0.4 is 10.5 Å². The van der Waals surface area contributed by atoms with Gasteiger partial charge < -0.3 is 15.0 Å². The molecule has 7 heteroatoms. The predicted molar refractivity (Wildman–Crippen MR) is 73.3 cm³/mol. The molecule has 0 spiro atoms. The van der Waals surface area contributed by atoms with Gasteiger partial charge in [-0.1, -0.05) is 23.4 Å². The van der Waals surface area contributed by atoms with Crippen LogP contribution in [0.5, 0.6) is 5.75 Å². The van der Waals surface area contributed by atoms with Gasteiger partial charge in [0.25, 0.3) is 5.89 Å². The molecule has 1 unspecified atom stereocenters. The first-order valence-corrected chi connectivity index (χ1v) is 6.97. The van der Waals surface area contributed by atoms with Gasteiger partial charge in [-0.15, -0.1) is 11.3 Å². The number of hydrogen-bond donors (Lipinski definition) is 1. The average molecular weight is 286 g/mol. The van der Waals surface area contributed by atoms with Gasteiger partial charge >= 0.3 is 0 Å². The largest absolute Gasteiger partial charge is 0.482 e. The summed E-state index contributed by atoms with van der Waals surface area (Å²) in [6, 6.07) is 7.92. The van der Waals surface area contributed by atoms with Crippen molar-refractivity contribution >= 4 is 16.5 Å². The smallest absolute Gasteiger partial charge is 0.277 e. The van der Waals surface area contributed by atoms with E-state index in [-0.39, 0.29) is 6.10 Å². The maximum absolute atomic E-state index is 5.82. The van der Waals surface area contributed by atoms with Crippen LogP contribution in [0, 0.1) is 0 Å². The van der Waals surface area contributed by atoms with Crippen LogP contribution in [-0.4, -0.2) is 15.1 Å². The highest BCUT2D eigenvalue weighted by molar-refractivity contribution is 7.13. The van der Waals surface area contributed by atoms with Gasteiger partial charge in [0.1, 0.15) is 11.4 Å². The van der Waals surface area contributed by atoms with E-state index in [1.807, 2.05) is 24.3 Å². The maximum atomic E-state index is 5.82. The summed E-state index contributed by atoms with van der Waals surface area (Å²) in [6.45, 7) is 0. The van der Waals surface area contributed by atoms with Crippen LogP contribution in [0.3, 0.4) is 0 Å². The highest BCUT2D eigenvalue weighted by Gasteiger charge is 2.28. The first kappa shape index (κ1) is 11.4. The highest BCUT2D eigenvalue weighted by Crippen LogP contribution is 2.35. The van der Waals surface area contributed by atoms with E-state index in [1.165, 1.54) is 11.3 Å². The molecule has 6 nitrogen and oxygen atoms in total. The van der Waals surface area contributed by atoms with Crippen molar-refractivity contribution in [3.63, 3.8) is 0 Å². The lowest BCUT2D eigenvalue weighted by Gasteiger charge is -2.04. The van der Waals surface area contributed by atoms with Crippen LogP contribution in [-0.2, 0) is 6.42 Å². The average Bonchev–Trinajstić information content (AvgIpc) is 3.16. The van der Waals surface area contributed by atoms with Crippen LogP contribution in [0.2, 0.25) is 0 Å². The minimum Gasteiger partial charge on any atom is -0.482 e. The molecule has 0 fully saturated rings. The summed E-state index contributed by atoms with van der Waals surface area (Å²) in [5.41, 5.74) is 7.35. The topological polar surface area (TPSA) is 87.1 Å². The normalized spacial score (nSPS) is 16.9. The maximum Gasteiger partial charge on any atom is 0.277 e. The number of nitrogens with two attached hydrogens (primary N) is 1. The monoisotopic (exact) mass is 286 g/mol. The van der Waals surface area contributed by atoms with Gasteiger partial charge in [-0.25, -0.2) is 4.98 Å². The zero-order valence-corrected chi connectivity index (χ0v) is 11.1. The van der Waals surface area contributed by atoms with Crippen LogP contribution in [0.25, 0.3) is 11.6 Å². The van der Waals surface area contributed by atoms with E-state index < -0.39 is 0 Å². The van der Waals surface area contributed by atoms with Gasteiger partial charge in [-0.2, -0.15) is 4.98 Å². The Hall–Kier alpha value is -2.41. The van der Waals surface area contributed by atoms with E-state index in [0.717, 1.165) is 17.7 Å². The van der Waals surface area contributed by atoms with Crippen LogP contribution in [0.15, 0.2) is 34.2 Å². The van der Waals surface area contributed by atoms with Crippen molar-refractivity contribution in [3.8, 4) is 17.3 Å². The fourth-order valence-electron chi connectivity index (χ4n) is 2.18. The van der Waals surface area contributed by atoms with Crippen molar-refractivity contribution in [1.82, 2.24) is 15.1 Å². The summed E-state index contributed by atoms with van der Waals surface area (Å²) in [7, 11) is 0. The zero-order valence-electron chi connectivity index (χ0n) is 10.3. The summed E-state index contributed by atoms with van der Waals surface area (Å²) in [6.07, 6.45) is 0.537. The molecule has 100 valence electrons. The minimum absolute atomic E-state index is 0.208. The zero-order chi connectivity index (χ0) is 13.5. The van der Waals surface area contributed by atoms with Gasteiger partial charge in [0, 0.05) is 11.8 Å². The predicted octanol–water partition coefficient (Wildman–Crippen LogP) is 2.45. The van der Waals surface area contributed by atoms with Gasteiger partial charge in [0.05, 0.1) is 0 Å². The Balaban J connectivity index is 1.61. The standard InChI is InChI=1S/C13H10N4O2S/c14-13-15-8(6-20-13)12-16-11(17-19-12)10-5-7-3-1-2-4-9(7)18-10/h1-4,6,10H,5H2,(H2,14,15). The van der Waals surface area contributed by atoms with Crippen molar-refractivity contribution in [3.05, 3.63) is 41.0 Å². The molecule has 4 rings (SSSR count). The Bertz CT molecular complexity index is 742. The number of nitrogen functional groups attached to an aromatic ring is 1. The van der Waals surface area contributed by atoms with Gasteiger partial charge in [-0.05, 0) is 11.6 Å². The number of thiazole rings is 1. The molecule has 20 heavy (non-hydrogen) atoms. The number of ether oxygens (including phenoxy) is 1. The quantitative estimate of drug-likeness (QED) is 0.778. The summed E-state index contributed by atoms with van der Waals surface area (Å²) in [5, 5.41) is 6.24. The van der Waals surface area contributed by atoms with E-state index in [2.05, 4.69) is 15.1 Å². The number of nitrogens with zero attached hydrogens (tertiary/aromatic N) is 3. The molecule has 0 bridgehead atoms. The number of fused-ring (bicyclic) bond motifs is 1. The lowest BCUT2D eigenvalue weighted by Crippen LogP contribution is -2.05. The number of hydrogen-bond acceptors (Lipinski definition) is 7. The van der Waals surface area contributed by atoms with Crippen molar-refractivity contribution < 1.29 is 9.26 Å². The Morgan fingerprint density at radius 3 is 2.95 bits per heavy atom. The number of aromatic nitrogens is 3. The molecule has 0 radical (unpaired) electrons. The van der Waals surface area contributed by atoms with Crippen molar-refractivity contribution in [1.29, 1.82) is 0 Å². The minimum atomic E-state index is -0.208. The number of para-hydroxylation sites is 1. The number of benzene rings is 1. The lowest BCUT2D eigenvalue weighted by molar-refractivity contribution is 0.221. The molecule has 2 aromatic heterocycles. The fourth-order valence-corrected chi connectivity index (χ4v) is 2.72. The molecule has 1 aromatic carbocycles. The molecule has 0 aliphatic carbocycles. The number of anilines is 1. The van der Waals surface area contributed by atoms with Gasteiger partial charge in [0.15, 0.2) is 11.2 Å². The second-order valence-corrected chi connectivity index (χ2v) is 5.34. The van der Waals surface area contributed by atoms with E-state index >= 15 is 0 Å². The van der Waals surface area contributed by atoms with Gasteiger partial charge in [-0.3, -0.25) is 0 Å².